The van der Waals surface area contributed by atoms with Gasteiger partial charge in [0.2, 0.25) is 11.8 Å². The Labute approximate surface area is 218 Å². The van der Waals surface area contributed by atoms with E-state index in [-0.39, 0.29) is 29.8 Å². The number of alkyl carbamates (subject to hydrolysis) is 1. The van der Waals surface area contributed by atoms with Gasteiger partial charge < -0.3 is 25.3 Å². The number of likely N-dealkylation sites (tertiary alicyclic amines) is 1. The van der Waals surface area contributed by atoms with Crippen LogP contribution < -0.4 is 10.6 Å². The zero-order valence-electron chi connectivity index (χ0n) is 22.8. The summed E-state index contributed by atoms with van der Waals surface area (Å²) in [6.45, 7) is 13.8. The van der Waals surface area contributed by atoms with Gasteiger partial charge in [-0.3, -0.25) is 9.59 Å². The Morgan fingerprint density at radius 2 is 1.92 bits per heavy atom. The van der Waals surface area contributed by atoms with Crippen LogP contribution in [0.3, 0.4) is 0 Å². The Balaban J connectivity index is 1.84. The first-order chi connectivity index (χ1) is 17.3. The fraction of sp³-hybridized carbons (Fsp3) is 0.571. The molecule has 3 N–H and O–H groups in total. The summed E-state index contributed by atoms with van der Waals surface area (Å²) in [5.41, 5.74) is 0.932. The minimum absolute atomic E-state index is 0.174. The lowest BCUT2D eigenvalue weighted by molar-refractivity contribution is -0.142. The number of nitriles is 1. The molecule has 200 valence electrons. The molecule has 0 spiro atoms. The number of H-pyrrole nitrogens is 1. The molecule has 0 radical (unpaired) electrons. The Morgan fingerprint density at radius 1 is 1.24 bits per heavy atom. The molecule has 9 heteroatoms. The monoisotopic (exact) mass is 509 g/mol. The molecule has 4 atom stereocenters. The number of aromatic amines is 1. The normalized spacial score (nSPS) is 20.6. The molecule has 37 heavy (non-hydrogen) atoms. The molecule has 0 saturated carbocycles. The third kappa shape index (κ3) is 6.07. The number of benzene rings is 1. The van der Waals surface area contributed by atoms with Crippen molar-refractivity contribution in [1.82, 2.24) is 20.5 Å². The van der Waals surface area contributed by atoms with Crippen molar-refractivity contribution >= 4 is 28.8 Å². The first-order valence-electron chi connectivity index (χ1n) is 12.8. The summed E-state index contributed by atoms with van der Waals surface area (Å²) in [4.78, 5) is 44.5. The van der Waals surface area contributed by atoms with Crippen molar-refractivity contribution in [2.45, 2.75) is 73.0 Å². The van der Waals surface area contributed by atoms with Gasteiger partial charge in [0.15, 0.2) is 0 Å². The van der Waals surface area contributed by atoms with E-state index in [1.54, 1.807) is 11.8 Å². The molecular weight excluding hydrogens is 470 g/mol. The number of nitrogens with one attached hydrogen (secondary N) is 3. The molecule has 1 aromatic heterocycles. The average molecular weight is 510 g/mol. The van der Waals surface area contributed by atoms with Gasteiger partial charge in [0.05, 0.1) is 12.7 Å². The van der Waals surface area contributed by atoms with E-state index in [1.165, 1.54) is 0 Å². The quantitative estimate of drug-likeness (QED) is 0.524. The Bertz CT molecular complexity index is 1190. The number of carbonyl (C=O) groups is 3. The fourth-order valence-electron chi connectivity index (χ4n) is 4.97. The zero-order valence-corrected chi connectivity index (χ0v) is 22.8. The van der Waals surface area contributed by atoms with Gasteiger partial charge in [-0.2, -0.15) is 5.26 Å². The minimum Gasteiger partial charge on any atom is -0.450 e. The maximum absolute atomic E-state index is 13.8. The van der Waals surface area contributed by atoms with Crippen LogP contribution in [0.15, 0.2) is 30.5 Å². The molecule has 2 heterocycles. The van der Waals surface area contributed by atoms with Crippen LogP contribution >= 0.6 is 0 Å². The number of fused-ring (bicyclic) bond motifs is 1. The number of para-hydroxylation sites is 1. The smallest absolute Gasteiger partial charge is 0.407 e. The van der Waals surface area contributed by atoms with Crippen molar-refractivity contribution in [1.29, 1.82) is 5.26 Å². The third-order valence-corrected chi connectivity index (χ3v) is 7.39. The molecule has 2 aromatic rings. The molecule has 1 aliphatic heterocycles. The zero-order chi connectivity index (χ0) is 27.5. The van der Waals surface area contributed by atoms with Crippen LogP contribution in [-0.2, 0) is 20.7 Å². The van der Waals surface area contributed by atoms with Gasteiger partial charge in [-0.1, -0.05) is 59.7 Å². The molecule has 1 aromatic carbocycles. The number of amides is 3. The molecule has 1 aliphatic rings. The predicted molar refractivity (Wildman–Crippen MR) is 141 cm³/mol. The van der Waals surface area contributed by atoms with Crippen LogP contribution in [0.2, 0.25) is 0 Å². The van der Waals surface area contributed by atoms with Crippen molar-refractivity contribution in [3.8, 4) is 6.07 Å². The van der Waals surface area contributed by atoms with E-state index in [0.717, 1.165) is 16.5 Å². The second kappa shape index (κ2) is 10.8. The van der Waals surface area contributed by atoms with Crippen molar-refractivity contribution in [3.05, 3.63) is 36.0 Å². The molecule has 0 bridgehead atoms. The van der Waals surface area contributed by atoms with E-state index >= 15 is 0 Å². The Morgan fingerprint density at radius 3 is 2.54 bits per heavy atom. The van der Waals surface area contributed by atoms with Gasteiger partial charge in [0, 0.05) is 30.1 Å². The third-order valence-electron chi connectivity index (χ3n) is 7.39. The number of ether oxygens (including phenoxy) is 1. The van der Waals surface area contributed by atoms with Gasteiger partial charge in [-0.05, 0) is 35.3 Å². The van der Waals surface area contributed by atoms with Gasteiger partial charge in [0.1, 0.15) is 18.1 Å². The standard InChI is InChI=1S/C28H39N5O4/c1-8-37-26(36)32-23(27(3,4)5)25(35)33-16-28(6,7)17(2)22(33)24(34)31-19(14-29)13-18-15-30-21-12-10-9-11-20(18)21/h9-12,15,17,19,22-23,30H,8,13,16H2,1-7H3,(H,31,34)(H,32,36)/t17-,19+,22?,23-/m1/s1. The van der Waals surface area contributed by atoms with Crippen LogP contribution in [0.25, 0.3) is 10.9 Å². The highest BCUT2D eigenvalue weighted by Crippen LogP contribution is 2.41. The number of hydrogen-bond donors (Lipinski definition) is 3. The first kappa shape index (κ1) is 28.0. The molecule has 1 fully saturated rings. The number of hydrogen-bond acceptors (Lipinski definition) is 5. The number of carbonyl (C=O) groups excluding carboxylic acids is 3. The second-order valence-electron chi connectivity index (χ2n) is 11.6. The van der Waals surface area contributed by atoms with E-state index in [0.29, 0.717) is 13.0 Å². The summed E-state index contributed by atoms with van der Waals surface area (Å²) in [5, 5.41) is 16.4. The molecule has 3 rings (SSSR count). The highest BCUT2D eigenvalue weighted by molar-refractivity contribution is 5.93. The van der Waals surface area contributed by atoms with Crippen LogP contribution in [-0.4, -0.2) is 59.1 Å². The molecular formula is C28H39N5O4. The predicted octanol–water partition coefficient (Wildman–Crippen LogP) is 3.75. The highest BCUT2D eigenvalue weighted by atomic mass is 16.5. The van der Waals surface area contributed by atoms with E-state index < -0.39 is 29.6 Å². The summed E-state index contributed by atoms with van der Waals surface area (Å²) >= 11 is 0. The molecule has 3 amide bonds. The number of aromatic nitrogens is 1. The van der Waals surface area contributed by atoms with Crippen molar-refractivity contribution in [2.75, 3.05) is 13.2 Å². The van der Waals surface area contributed by atoms with Gasteiger partial charge in [-0.25, -0.2) is 4.79 Å². The lowest BCUT2D eigenvalue weighted by atomic mass is 9.80. The Kier molecular flexibility index (Phi) is 8.21. The van der Waals surface area contributed by atoms with Crippen LogP contribution in [0, 0.1) is 28.1 Å². The average Bonchev–Trinajstić information content (AvgIpc) is 3.33. The summed E-state index contributed by atoms with van der Waals surface area (Å²) in [5.74, 6) is -0.892. The van der Waals surface area contributed by atoms with Gasteiger partial charge in [-0.15, -0.1) is 0 Å². The lowest BCUT2D eigenvalue weighted by Crippen LogP contribution is -2.59. The number of rotatable bonds is 7. The topological polar surface area (TPSA) is 127 Å². The van der Waals surface area contributed by atoms with E-state index in [2.05, 4.69) is 21.7 Å². The fourth-order valence-corrected chi connectivity index (χ4v) is 4.97. The maximum Gasteiger partial charge on any atom is 0.407 e. The van der Waals surface area contributed by atoms with Crippen molar-refractivity contribution in [3.63, 3.8) is 0 Å². The van der Waals surface area contributed by atoms with Crippen molar-refractivity contribution < 1.29 is 19.1 Å². The highest BCUT2D eigenvalue weighted by Gasteiger charge is 2.52. The van der Waals surface area contributed by atoms with Gasteiger partial charge in [0.25, 0.3) is 0 Å². The first-order valence-corrected chi connectivity index (χ1v) is 12.8. The summed E-state index contributed by atoms with van der Waals surface area (Å²) < 4.78 is 5.03. The van der Waals surface area contributed by atoms with Crippen LogP contribution in [0.4, 0.5) is 4.79 Å². The largest absolute Gasteiger partial charge is 0.450 e. The molecule has 0 aliphatic carbocycles. The van der Waals surface area contributed by atoms with E-state index in [4.69, 9.17) is 4.74 Å². The summed E-state index contributed by atoms with van der Waals surface area (Å²) in [6.07, 6.45) is 1.51. The van der Waals surface area contributed by atoms with E-state index in [1.807, 2.05) is 72.0 Å². The van der Waals surface area contributed by atoms with Gasteiger partial charge >= 0.3 is 6.09 Å². The molecule has 1 saturated heterocycles. The minimum atomic E-state index is -0.888. The second-order valence-corrected chi connectivity index (χ2v) is 11.6. The Hall–Kier alpha value is -3.54. The summed E-state index contributed by atoms with van der Waals surface area (Å²) in [7, 11) is 0. The lowest BCUT2D eigenvalue weighted by Gasteiger charge is -2.35. The van der Waals surface area contributed by atoms with Crippen LogP contribution in [0.1, 0.15) is 54.0 Å². The number of nitrogens with zero attached hydrogens (tertiary/aromatic N) is 2. The van der Waals surface area contributed by atoms with Crippen LogP contribution in [0.5, 0.6) is 0 Å². The maximum atomic E-state index is 13.8. The molecule has 9 nitrogen and oxygen atoms in total. The summed E-state index contributed by atoms with van der Waals surface area (Å²) in [6, 6.07) is 7.56. The SMILES string of the molecule is CCOC(=O)N[C@H](C(=O)N1CC(C)(C)[C@H](C)C1C(=O)N[C@H](C#N)Cc1c[nH]c2ccccc12)C(C)(C)C. The molecule has 1 unspecified atom stereocenters. The van der Waals surface area contributed by atoms with Crippen molar-refractivity contribution in [2.24, 2.45) is 16.7 Å². The van der Waals surface area contributed by atoms with E-state index in [9.17, 15) is 19.6 Å².